The number of nitrogens with zero attached hydrogens (tertiary/aromatic N) is 1. The summed E-state index contributed by atoms with van der Waals surface area (Å²) in [6.45, 7) is 1.06. The molecular formula is C26H24ClN3O3. The van der Waals surface area contributed by atoms with Crippen molar-refractivity contribution in [1.29, 1.82) is 0 Å². The molecule has 1 fully saturated rings. The third-order valence-corrected chi connectivity index (χ3v) is 5.85. The zero-order valence-electron chi connectivity index (χ0n) is 18.0. The summed E-state index contributed by atoms with van der Waals surface area (Å²) in [6, 6.07) is 21.6. The van der Waals surface area contributed by atoms with Crippen molar-refractivity contribution in [2.75, 3.05) is 23.3 Å². The molecular weight excluding hydrogens is 438 g/mol. The van der Waals surface area contributed by atoms with E-state index in [0.717, 1.165) is 12.0 Å². The van der Waals surface area contributed by atoms with Crippen molar-refractivity contribution in [3.8, 4) is 0 Å². The molecule has 0 spiro atoms. The van der Waals surface area contributed by atoms with Crippen molar-refractivity contribution in [2.24, 2.45) is 0 Å². The Morgan fingerprint density at radius 2 is 1.70 bits per heavy atom. The van der Waals surface area contributed by atoms with Gasteiger partial charge in [-0.1, -0.05) is 54.1 Å². The summed E-state index contributed by atoms with van der Waals surface area (Å²) in [5.74, 6) is -0.655. The first-order valence-electron chi connectivity index (χ1n) is 10.9. The molecule has 4 rings (SSSR count). The number of halogens is 1. The highest BCUT2D eigenvalue weighted by Crippen LogP contribution is 2.30. The van der Waals surface area contributed by atoms with Crippen LogP contribution in [0.5, 0.6) is 0 Å². The van der Waals surface area contributed by atoms with Gasteiger partial charge in [0.15, 0.2) is 0 Å². The lowest BCUT2D eigenvalue weighted by Gasteiger charge is -2.18. The quantitative estimate of drug-likeness (QED) is 0.535. The number of benzene rings is 3. The maximum absolute atomic E-state index is 13.0. The van der Waals surface area contributed by atoms with E-state index in [1.807, 2.05) is 30.3 Å². The lowest BCUT2D eigenvalue weighted by Crippen LogP contribution is -2.27. The Morgan fingerprint density at radius 1 is 0.939 bits per heavy atom. The average Bonchev–Trinajstić information content (AvgIpc) is 3.26. The maximum Gasteiger partial charge on any atom is 0.255 e. The number of rotatable bonds is 7. The highest BCUT2D eigenvalue weighted by molar-refractivity contribution is 6.34. The molecule has 0 aliphatic carbocycles. The smallest absolute Gasteiger partial charge is 0.255 e. The van der Waals surface area contributed by atoms with Crippen molar-refractivity contribution in [2.45, 2.75) is 19.3 Å². The minimum atomic E-state index is -0.385. The SMILES string of the molecule is O=C(Nc1ccccc1C(=O)NCCc1ccccc1)c1ccc(Cl)c(N2CCCC2=O)c1. The van der Waals surface area contributed by atoms with Gasteiger partial charge < -0.3 is 15.5 Å². The Balaban J connectivity index is 1.45. The van der Waals surface area contributed by atoms with Gasteiger partial charge in [-0.15, -0.1) is 0 Å². The topological polar surface area (TPSA) is 78.5 Å². The van der Waals surface area contributed by atoms with Crippen LogP contribution in [0.15, 0.2) is 72.8 Å². The van der Waals surface area contributed by atoms with E-state index in [-0.39, 0.29) is 17.7 Å². The summed E-state index contributed by atoms with van der Waals surface area (Å²) in [5.41, 5.74) is 2.80. The minimum absolute atomic E-state index is 0.00743. The predicted octanol–water partition coefficient (Wildman–Crippen LogP) is 4.69. The highest BCUT2D eigenvalue weighted by Gasteiger charge is 2.24. The Bertz CT molecular complexity index is 1180. The van der Waals surface area contributed by atoms with E-state index >= 15 is 0 Å². The second kappa shape index (κ2) is 10.3. The molecule has 0 aromatic heterocycles. The normalized spacial score (nSPS) is 13.1. The first-order chi connectivity index (χ1) is 16.0. The van der Waals surface area contributed by atoms with Gasteiger partial charge in [0.1, 0.15) is 0 Å². The molecule has 3 aromatic rings. The van der Waals surface area contributed by atoms with Gasteiger partial charge in [-0.3, -0.25) is 14.4 Å². The second-order valence-corrected chi connectivity index (χ2v) is 8.21. The van der Waals surface area contributed by atoms with E-state index < -0.39 is 0 Å². The van der Waals surface area contributed by atoms with Crippen molar-refractivity contribution in [3.05, 3.63) is 94.5 Å². The van der Waals surface area contributed by atoms with Crippen LogP contribution in [0.25, 0.3) is 0 Å². The van der Waals surface area contributed by atoms with Crippen LogP contribution in [0.4, 0.5) is 11.4 Å². The monoisotopic (exact) mass is 461 g/mol. The van der Waals surface area contributed by atoms with E-state index in [0.29, 0.717) is 53.5 Å². The molecule has 3 amide bonds. The summed E-state index contributed by atoms with van der Waals surface area (Å²) >= 11 is 6.29. The lowest BCUT2D eigenvalue weighted by molar-refractivity contribution is -0.117. The maximum atomic E-state index is 13.0. The standard InChI is InChI=1S/C26H24ClN3O3/c27-21-13-12-19(17-23(21)30-16-6-11-24(30)31)25(32)29-22-10-5-4-9-20(22)26(33)28-15-14-18-7-2-1-3-8-18/h1-5,7-10,12-13,17H,6,11,14-16H2,(H,28,33)(H,29,32). The second-order valence-electron chi connectivity index (χ2n) is 7.81. The number of amides is 3. The van der Waals surface area contributed by atoms with Crippen LogP contribution >= 0.6 is 11.6 Å². The van der Waals surface area contributed by atoms with Gasteiger partial charge in [0, 0.05) is 25.1 Å². The molecule has 0 atom stereocenters. The lowest BCUT2D eigenvalue weighted by atomic mass is 10.1. The summed E-state index contributed by atoms with van der Waals surface area (Å²) < 4.78 is 0. The van der Waals surface area contributed by atoms with E-state index in [1.165, 1.54) is 0 Å². The number of hydrogen-bond acceptors (Lipinski definition) is 3. The molecule has 7 heteroatoms. The Hall–Kier alpha value is -3.64. The fraction of sp³-hybridized carbons (Fsp3) is 0.192. The Morgan fingerprint density at radius 3 is 2.45 bits per heavy atom. The first kappa shape index (κ1) is 22.6. The number of anilines is 2. The highest BCUT2D eigenvalue weighted by atomic mass is 35.5. The fourth-order valence-electron chi connectivity index (χ4n) is 3.81. The van der Waals surface area contributed by atoms with Crippen LogP contribution < -0.4 is 15.5 Å². The molecule has 33 heavy (non-hydrogen) atoms. The van der Waals surface area contributed by atoms with Crippen molar-refractivity contribution >= 4 is 40.7 Å². The van der Waals surface area contributed by atoms with Gasteiger partial charge in [-0.2, -0.15) is 0 Å². The fourth-order valence-corrected chi connectivity index (χ4v) is 4.03. The molecule has 1 aliphatic heterocycles. The van der Waals surface area contributed by atoms with Crippen LogP contribution in [0.1, 0.15) is 39.1 Å². The molecule has 3 aromatic carbocycles. The van der Waals surface area contributed by atoms with Gasteiger partial charge in [0.05, 0.1) is 22.0 Å². The molecule has 0 unspecified atom stereocenters. The Labute approximate surface area is 197 Å². The van der Waals surface area contributed by atoms with Crippen molar-refractivity contribution in [3.63, 3.8) is 0 Å². The predicted molar refractivity (Wildman–Crippen MR) is 130 cm³/mol. The van der Waals surface area contributed by atoms with Gasteiger partial charge in [0.2, 0.25) is 5.91 Å². The molecule has 1 aliphatic rings. The summed E-state index contributed by atoms with van der Waals surface area (Å²) in [7, 11) is 0. The van der Waals surface area contributed by atoms with Crippen LogP contribution in [0, 0.1) is 0 Å². The molecule has 168 valence electrons. The number of hydrogen-bond donors (Lipinski definition) is 2. The summed E-state index contributed by atoms with van der Waals surface area (Å²) in [5, 5.41) is 6.14. The van der Waals surface area contributed by atoms with Crippen molar-refractivity contribution in [1.82, 2.24) is 5.32 Å². The first-order valence-corrected chi connectivity index (χ1v) is 11.2. The van der Waals surface area contributed by atoms with Gasteiger partial charge in [-0.05, 0) is 48.7 Å². The van der Waals surface area contributed by atoms with E-state index in [4.69, 9.17) is 11.6 Å². The molecule has 0 saturated carbocycles. The molecule has 0 bridgehead atoms. The van der Waals surface area contributed by atoms with Gasteiger partial charge in [0.25, 0.3) is 11.8 Å². The van der Waals surface area contributed by atoms with Crippen LogP contribution in [0.2, 0.25) is 5.02 Å². The van der Waals surface area contributed by atoms with E-state index in [9.17, 15) is 14.4 Å². The van der Waals surface area contributed by atoms with E-state index in [1.54, 1.807) is 47.4 Å². The molecule has 2 N–H and O–H groups in total. The molecule has 0 radical (unpaired) electrons. The van der Waals surface area contributed by atoms with E-state index in [2.05, 4.69) is 10.6 Å². The molecule has 6 nitrogen and oxygen atoms in total. The average molecular weight is 462 g/mol. The van der Waals surface area contributed by atoms with Crippen LogP contribution in [-0.2, 0) is 11.2 Å². The third-order valence-electron chi connectivity index (χ3n) is 5.53. The zero-order valence-corrected chi connectivity index (χ0v) is 18.8. The largest absolute Gasteiger partial charge is 0.352 e. The van der Waals surface area contributed by atoms with Crippen LogP contribution in [0.3, 0.4) is 0 Å². The third kappa shape index (κ3) is 5.41. The minimum Gasteiger partial charge on any atom is -0.352 e. The molecule has 1 heterocycles. The molecule has 1 saturated heterocycles. The van der Waals surface area contributed by atoms with Gasteiger partial charge in [-0.25, -0.2) is 0 Å². The summed E-state index contributed by atoms with van der Waals surface area (Å²) in [6.07, 6.45) is 1.95. The number of para-hydroxylation sites is 1. The number of carbonyl (C=O) groups is 3. The summed E-state index contributed by atoms with van der Waals surface area (Å²) in [4.78, 5) is 39.4. The Kier molecular flexibility index (Phi) is 7.05. The zero-order chi connectivity index (χ0) is 23.2. The van der Waals surface area contributed by atoms with Crippen molar-refractivity contribution < 1.29 is 14.4 Å². The van der Waals surface area contributed by atoms with Crippen LogP contribution in [-0.4, -0.2) is 30.8 Å². The number of nitrogens with one attached hydrogen (secondary N) is 2. The number of carbonyl (C=O) groups excluding carboxylic acids is 3. The van der Waals surface area contributed by atoms with Gasteiger partial charge >= 0.3 is 0 Å².